The zero-order valence-corrected chi connectivity index (χ0v) is 8.45. The topological polar surface area (TPSA) is 12.0 Å². The van der Waals surface area contributed by atoms with Crippen LogP contribution >= 0.6 is 10.7 Å². The van der Waals surface area contributed by atoms with Crippen molar-refractivity contribution in [3.63, 3.8) is 0 Å². The minimum atomic E-state index is 0.0232. The SMILES string of the molecule is C=S(C)Nc1cccc(CC)c1. The average Bonchev–Trinajstić information content (AvgIpc) is 2.03. The summed E-state index contributed by atoms with van der Waals surface area (Å²) in [5, 5.41) is 0. The Morgan fingerprint density at radius 1 is 1.50 bits per heavy atom. The van der Waals surface area contributed by atoms with Crippen molar-refractivity contribution in [2.45, 2.75) is 13.3 Å². The number of hydrogen-bond acceptors (Lipinski definition) is 1. The smallest absolute Gasteiger partial charge is 0.0438 e. The molecule has 1 rings (SSSR count). The number of aryl methyl sites for hydroxylation is 1. The van der Waals surface area contributed by atoms with Crippen LogP contribution in [0.15, 0.2) is 24.3 Å². The number of benzene rings is 1. The standard InChI is InChI=1S/C10H15NS/c1-4-9-6-5-7-10(8-9)11-12(2)3/h5-8,11H,2,4H2,1,3H3. The maximum atomic E-state index is 3.91. The summed E-state index contributed by atoms with van der Waals surface area (Å²) in [6.45, 7) is 2.16. The Balaban J connectivity index is 2.79. The molecule has 0 saturated heterocycles. The zero-order valence-electron chi connectivity index (χ0n) is 7.63. The Hall–Kier alpha value is -0.760. The number of hydrogen-bond donors (Lipinski definition) is 1. The molecular weight excluding hydrogens is 166 g/mol. The van der Waals surface area contributed by atoms with Crippen LogP contribution in [0.2, 0.25) is 0 Å². The summed E-state index contributed by atoms with van der Waals surface area (Å²) in [7, 11) is 0.0232. The normalized spacial score (nSPS) is 12.5. The summed E-state index contributed by atoms with van der Waals surface area (Å²) in [5.74, 6) is 3.91. The summed E-state index contributed by atoms with van der Waals surface area (Å²) in [6.07, 6.45) is 3.16. The first kappa shape index (κ1) is 9.33. The summed E-state index contributed by atoms with van der Waals surface area (Å²) in [4.78, 5) is 0. The first-order valence-electron chi connectivity index (χ1n) is 4.03. The van der Waals surface area contributed by atoms with Crippen molar-refractivity contribution >= 4 is 22.2 Å². The van der Waals surface area contributed by atoms with Crippen molar-refractivity contribution in [1.82, 2.24) is 0 Å². The predicted octanol–water partition coefficient (Wildman–Crippen LogP) is 2.91. The van der Waals surface area contributed by atoms with Gasteiger partial charge in [-0.15, -0.1) is 10.7 Å². The number of rotatable bonds is 3. The quantitative estimate of drug-likeness (QED) is 0.707. The summed E-state index contributed by atoms with van der Waals surface area (Å²) >= 11 is 0. The van der Waals surface area contributed by atoms with E-state index < -0.39 is 0 Å². The highest BCUT2D eigenvalue weighted by molar-refractivity contribution is 8.14. The molecule has 0 heterocycles. The minimum absolute atomic E-state index is 0.0232. The highest BCUT2D eigenvalue weighted by Crippen LogP contribution is 2.15. The second-order valence-corrected chi connectivity index (χ2v) is 4.27. The number of anilines is 1. The lowest BCUT2D eigenvalue weighted by Crippen LogP contribution is -1.89. The van der Waals surface area contributed by atoms with Gasteiger partial charge in [-0.1, -0.05) is 24.9 Å². The Bertz CT molecular complexity index is 281. The third-order valence-corrected chi connectivity index (χ3v) is 2.21. The molecular formula is C10H15NS. The molecule has 1 nitrogen and oxygen atoms in total. The summed E-state index contributed by atoms with van der Waals surface area (Å²) in [5.41, 5.74) is 2.54. The second-order valence-electron chi connectivity index (χ2n) is 2.79. The lowest BCUT2D eigenvalue weighted by atomic mass is 10.1. The fourth-order valence-corrected chi connectivity index (χ4v) is 1.59. The third-order valence-electron chi connectivity index (χ3n) is 1.63. The first-order valence-corrected chi connectivity index (χ1v) is 5.84. The molecule has 1 unspecified atom stereocenters. The molecule has 12 heavy (non-hydrogen) atoms. The Morgan fingerprint density at radius 2 is 2.25 bits per heavy atom. The van der Waals surface area contributed by atoms with E-state index in [0.717, 1.165) is 6.42 Å². The molecule has 1 atom stereocenters. The molecule has 0 radical (unpaired) electrons. The van der Waals surface area contributed by atoms with Gasteiger partial charge in [-0.2, -0.15) is 0 Å². The lowest BCUT2D eigenvalue weighted by Gasteiger charge is -2.06. The van der Waals surface area contributed by atoms with E-state index in [4.69, 9.17) is 0 Å². The van der Waals surface area contributed by atoms with Crippen molar-refractivity contribution in [2.24, 2.45) is 0 Å². The molecule has 2 heteroatoms. The van der Waals surface area contributed by atoms with Crippen LogP contribution in [-0.4, -0.2) is 12.1 Å². The van der Waals surface area contributed by atoms with Gasteiger partial charge >= 0.3 is 0 Å². The van der Waals surface area contributed by atoms with Gasteiger partial charge in [0.2, 0.25) is 0 Å². The molecule has 1 aromatic carbocycles. The van der Waals surface area contributed by atoms with E-state index in [-0.39, 0.29) is 10.7 Å². The molecule has 0 spiro atoms. The van der Waals surface area contributed by atoms with Gasteiger partial charge < -0.3 is 4.72 Å². The zero-order chi connectivity index (χ0) is 8.97. The van der Waals surface area contributed by atoms with Crippen LogP contribution in [0.4, 0.5) is 5.69 Å². The van der Waals surface area contributed by atoms with Crippen LogP contribution in [0.3, 0.4) is 0 Å². The van der Waals surface area contributed by atoms with E-state index in [2.05, 4.69) is 48.0 Å². The fourth-order valence-electron chi connectivity index (χ4n) is 1.06. The highest BCUT2D eigenvalue weighted by atomic mass is 32.2. The highest BCUT2D eigenvalue weighted by Gasteiger charge is 1.91. The number of nitrogens with one attached hydrogen (secondary N) is 1. The molecule has 0 aliphatic carbocycles. The van der Waals surface area contributed by atoms with Crippen molar-refractivity contribution < 1.29 is 0 Å². The monoisotopic (exact) mass is 181 g/mol. The van der Waals surface area contributed by atoms with Crippen LogP contribution in [-0.2, 0) is 6.42 Å². The van der Waals surface area contributed by atoms with Crippen LogP contribution in [0.1, 0.15) is 12.5 Å². The summed E-state index contributed by atoms with van der Waals surface area (Å²) < 4.78 is 3.30. The maximum Gasteiger partial charge on any atom is 0.0438 e. The van der Waals surface area contributed by atoms with E-state index in [1.54, 1.807) is 0 Å². The van der Waals surface area contributed by atoms with E-state index in [1.165, 1.54) is 11.3 Å². The predicted molar refractivity (Wildman–Crippen MR) is 60.1 cm³/mol. The van der Waals surface area contributed by atoms with Gasteiger partial charge in [0.05, 0.1) is 0 Å². The van der Waals surface area contributed by atoms with Gasteiger partial charge in [-0.25, -0.2) is 0 Å². The van der Waals surface area contributed by atoms with E-state index in [0.29, 0.717) is 0 Å². The Labute approximate surface area is 76.9 Å². The van der Waals surface area contributed by atoms with Crippen LogP contribution in [0.5, 0.6) is 0 Å². The largest absolute Gasteiger partial charge is 0.336 e. The van der Waals surface area contributed by atoms with Crippen molar-refractivity contribution in [2.75, 3.05) is 11.0 Å². The molecule has 0 amide bonds. The van der Waals surface area contributed by atoms with Crippen molar-refractivity contribution in [3.05, 3.63) is 29.8 Å². The van der Waals surface area contributed by atoms with Gasteiger partial charge in [0.15, 0.2) is 0 Å². The van der Waals surface area contributed by atoms with Gasteiger partial charge in [-0.05, 0) is 30.4 Å². The molecule has 1 N–H and O–H groups in total. The van der Waals surface area contributed by atoms with Crippen molar-refractivity contribution in [3.8, 4) is 0 Å². The lowest BCUT2D eigenvalue weighted by molar-refractivity contribution is 1.14. The van der Waals surface area contributed by atoms with Crippen molar-refractivity contribution in [1.29, 1.82) is 0 Å². The summed E-state index contributed by atoms with van der Waals surface area (Å²) in [6, 6.07) is 8.47. The molecule has 0 fully saturated rings. The van der Waals surface area contributed by atoms with E-state index in [9.17, 15) is 0 Å². The molecule has 0 aliphatic heterocycles. The van der Waals surface area contributed by atoms with E-state index in [1.807, 2.05) is 0 Å². The van der Waals surface area contributed by atoms with Crippen LogP contribution < -0.4 is 4.72 Å². The minimum Gasteiger partial charge on any atom is -0.336 e. The van der Waals surface area contributed by atoms with Gasteiger partial charge in [0.25, 0.3) is 0 Å². The van der Waals surface area contributed by atoms with Crippen LogP contribution in [0.25, 0.3) is 0 Å². The van der Waals surface area contributed by atoms with Gasteiger partial charge in [0.1, 0.15) is 0 Å². The molecule has 1 aromatic rings. The average molecular weight is 181 g/mol. The molecule has 0 saturated carbocycles. The van der Waals surface area contributed by atoms with Gasteiger partial charge in [0, 0.05) is 5.69 Å². The molecule has 0 aliphatic rings. The van der Waals surface area contributed by atoms with Crippen LogP contribution in [0, 0.1) is 0 Å². The Morgan fingerprint density at radius 3 is 2.83 bits per heavy atom. The maximum absolute atomic E-state index is 3.91. The second kappa shape index (κ2) is 4.31. The Kier molecular flexibility index (Phi) is 3.35. The molecule has 66 valence electrons. The molecule has 0 aromatic heterocycles. The molecule has 0 bridgehead atoms. The van der Waals surface area contributed by atoms with Gasteiger partial charge in [-0.3, -0.25) is 0 Å². The third kappa shape index (κ3) is 2.70. The first-order chi connectivity index (χ1) is 5.72. The van der Waals surface area contributed by atoms with E-state index >= 15 is 0 Å². The fraction of sp³-hybridized carbons (Fsp3) is 0.300.